The van der Waals surface area contributed by atoms with Crippen molar-refractivity contribution < 1.29 is 0 Å². The number of benzene rings is 1. The van der Waals surface area contributed by atoms with Crippen LogP contribution in [0, 0.1) is 6.92 Å². The molecule has 5 N–H and O–H groups in total. The smallest absolute Gasteiger partial charge is 0.0569 e. The van der Waals surface area contributed by atoms with Gasteiger partial charge in [0.05, 0.1) is 12.2 Å². The minimum Gasteiger partial charge on any atom is -0.399 e. The van der Waals surface area contributed by atoms with Gasteiger partial charge < -0.3 is 11.1 Å². The van der Waals surface area contributed by atoms with Crippen LogP contribution < -0.4 is 21.9 Å². The minimum absolute atomic E-state index is 0.537. The standard InChI is InChI=1S/C13H20N4/c1-10(2)16-8-12(14)9-17(15)13-6-4-11(3)5-7-13/h4-7,9,16H,1,8,14-15H2,2-3H3/b12-9-. The maximum absolute atomic E-state index is 5.88. The molecule has 0 amide bonds. The Hall–Kier alpha value is -1.94. The van der Waals surface area contributed by atoms with Crippen LogP contribution in [0.5, 0.6) is 0 Å². The van der Waals surface area contributed by atoms with Crippen molar-refractivity contribution >= 4 is 5.69 Å². The third-order valence-corrected chi connectivity index (χ3v) is 2.23. The zero-order valence-corrected chi connectivity index (χ0v) is 10.4. The number of allylic oxidation sites excluding steroid dienone is 1. The van der Waals surface area contributed by atoms with Gasteiger partial charge in [0.15, 0.2) is 0 Å². The van der Waals surface area contributed by atoms with Crippen LogP contribution in [0.25, 0.3) is 0 Å². The summed E-state index contributed by atoms with van der Waals surface area (Å²) in [5.74, 6) is 5.88. The van der Waals surface area contributed by atoms with Gasteiger partial charge in [-0.2, -0.15) is 0 Å². The molecule has 4 heteroatoms. The van der Waals surface area contributed by atoms with Gasteiger partial charge in [-0.15, -0.1) is 0 Å². The second-order valence-corrected chi connectivity index (χ2v) is 4.08. The summed E-state index contributed by atoms with van der Waals surface area (Å²) in [6, 6.07) is 7.91. The first-order chi connectivity index (χ1) is 7.99. The lowest BCUT2D eigenvalue weighted by molar-refractivity contribution is 0.856. The Labute approximate surface area is 103 Å². The number of anilines is 1. The fraction of sp³-hybridized carbons (Fsp3) is 0.231. The predicted molar refractivity (Wildman–Crippen MR) is 72.9 cm³/mol. The van der Waals surface area contributed by atoms with E-state index in [-0.39, 0.29) is 0 Å². The minimum atomic E-state index is 0.537. The van der Waals surface area contributed by atoms with Crippen LogP contribution in [0.2, 0.25) is 0 Å². The van der Waals surface area contributed by atoms with Crippen molar-refractivity contribution in [2.24, 2.45) is 11.6 Å². The number of nitrogens with one attached hydrogen (secondary N) is 1. The van der Waals surface area contributed by atoms with Crippen LogP contribution >= 0.6 is 0 Å². The Bertz CT molecular complexity index is 406. The summed E-state index contributed by atoms with van der Waals surface area (Å²) in [5, 5.41) is 4.55. The van der Waals surface area contributed by atoms with Gasteiger partial charge in [-0.1, -0.05) is 24.3 Å². The van der Waals surface area contributed by atoms with Crippen LogP contribution in [0.1, 0.15) is 12.5 Å². The van der Waals surface area contributed by atoms with Crippen LogP contribution in [0.4, 0.5) is 5.69 Å². The average Bonchev–Trinajstić information content (AvgIpc) is 2.27. The molecule has 0 atom stereocenters. The molecule has 1 rings (SSSR count). The zero-order chi connectivity index (χ0) is 12.8. The second kappa shape index (κ2) is 5.96. The predicted octanol–water partition coefficient (Wildman–Crippen LogP) is 1.60. The maximum Gasteiger partial charge on any atom is 0.0569 e. The van der Waals surface area contributed by atoms with Gasteiger partial charge in [-0.25, -0.2) is 5.84 Å². The molecule has 1 aromatic rings. The molecule has 17 heavy (non-hydrogen) atoms. The third-order valence-electron chi connectivity index (χ3n) is 2.23. The maximum atomic E-state index is 5.88. The van der Waals surface area contributed by atoms with Gasteiger partial charge in [-0.3, -0.25) is 5.01 Å². The molecule has 0 aromatic heterocycles. The van der Waals surface area contributed by atoms with Gasteiger partial charge in [0.25, 0.3) is 0 Å². The molecule has 0 aliphatic carbocycles. The number of hydrogen-bond acceptors (Lipinski definition) is 4. The van der Waals surface area contributed by atoms with Gasteiger partial charge in [0.1, 0.15) is 0 Å². The molecule has 0 unspecified atom stereocenters. The summed E-state index contributed by atoms with van der Waals surface area (Å²) >= 11 is 0. The van der Waals surface area contributed by atoms with Gasteiger partial charge >= 0.3 is 0 Å². The Kier molecular flexibility index (Phi) is 4.60. The number of nitrogens with zero attached hydrogens (tertiary/aromatic N) is 1. The highest BCUT2D eigenvalue weighted by Crippen LogP contribution is 2.12. The van der Waals surface area contributed by atoms with Crippen molar-refractivity contribution in [3.63, 3.8) is 0 Å². The van der Waals surface area contributed by atoms with E-state index < -0.39 is 0 Å². The Morgan fingerprint density at radius 3 is 2.53 bits per heavy atom. The Balaban J connectivity index is 2.63. The van der Waals surface area contributed by atoms with E-state index in [2.05, 4.69) is 11.9 Å². The first kappa shape index (κ1) is 13.1. The molecular formula is C13H20N4. The van der Waals surface area contributed by atoms with Crippen LogP contribution in [-0.2, 0) is 0 Å². The first-order valence-corrected chi connectivity index (χ1v) is 5.45. The van der Waals surface area contributed by atoms with Crippen molar-refractivity contribution in [3.05, 3.63) is 54.0 Å². The molecule has 0 aliphatic rings. The van der Waals surface area contributed by atoms with Gasteiger partial charge in [0, 0.05) is 17.6 Å². The molecule has 0 aliphatic heterocycles. The van der Waals surface area contributed by atoms with E-state index in [9.17, 15) is 0 Å². The zero-order valence-electron chi connectivity index (χ0n) is 10.4. The highest BCUT2D eigenvalue weighted by atomic mass is 15.4. The molecule has 0 spiro atoms. The van der Waals surface area contributed by atoms with Crippen molar-refractivity contribution in [2.75, 3.05) is 11.6 Å². The van der Waals surface area contributed by atoms with Crippen molar-refractivity contribution in [2.45, 2.75) is 13.8 Å². The summed E-state index contributed by atoms with van der Waals surface area (Å²) in [6.07, 6.45) is 1.70. The third kappa shape index (κ3) is 4.61. The molecule has 1 aromatic carbocycles. The fourth-order valence-corrected chi connectivity index (χ4v) is 1.27. The van der Waals surface area contributed by atoms with Crippen LogP contribution in [0.3, 0.4) is 0 Å². The van der Waals surface area contributed by atoms with Crippen LogP contribution in [0.15, 0.2) is 48.4 Å². The fourth-order valence-electron chi connectivity index (χ4n) is 1.27. The molecule has 92 valence electrons. The van der Waals surface area contributed by atoms with E-state index >= 15 is 0 Å². The summed E-state index contributed by atoms with van der Waals surface area (Å²) in [4.78, 5) is 0. The Morgan fingerprint density at radius 1 is 1.41 bits per heavy atom. The van der Waals surface area contributed by atoms with Crippen LogP contribution in [-0.4, -0.2) is 6.54 Å². The van der Waals surface area contributed by atoms with Gasteiger partial charge in [-0.05, 0) is 26.0 Å². The van der Waals surface area contributed by atoms with E-state index in [1.807, 2.05) is 38.1 Å². The quantitative estimate of drug-likeness (QED) is 0.533. The van der Waals surface area contributed by atoms with E-state index in [4.69, 9.17) is 11.6 Å². The lowest BCUT2D eigenvalue weighted by Crippen LogP contribution is -2.28. The highest BCUT2D eigenvalue weighted by molar-refractivity contribution is 5.48. The number of hydrazine groups is 1. The van der Waals surface area contributed by atoms with Crippen molar-refractivity contribution in [3.8, 4) is 0 Å². The van der Waals surface area contributed by atoms with E-state index in [1.165, 1.54) is 10.6 Å². The normalized spacial score (nSPS) is 11.1. The summed E-state index contributed by atoms with van der Waals surface area (Å²) in [5.41, 5.74) is 9.44. The summed E-state index contributed by atoms with van der Waals surface area (Å²) < 4.78 is 0. The SMILES string of the molecule is C=C(C)NC/C(N)=C/N(N)c1ccc(C)cc1. The lowest BCUT2D eigenvalue weighted by Gasteiger charge is -2.15. The number of rotatable bonds is 5. The second-order valence-electron chi connectivity index (χ2n) is 4.08. The monoisotopic (exact) mass is 232 g/mol. The largest absolute Gasteiger partial charge is 0.399 e. The van der Waals surface area contributed by atoms with E-state index in [0.717, 1.165) is 11.4 Å². The molecule has 0 bridgehead atoms. The first-order valence-electron chi connectivity index (χ1n) is 5.45. The number of nitrogens with two attached hydrogens (primary N) is 2. The summed E-state index contributed by atoms with van der Waals surface area (Å²) in [7, 11) is 0. The average molecular weight is 232 g/mol. The summed E-state index contributed by atoms with van der Waals surface area (Å²) in [6.45, 7) is 8.19. The van der Waals surface area contributed by atoms with E-state index in [1.54, 1.807) is 6.20 Å². The number of hydrogen-bond donors (Lipinski definition) is 3. The van der Waals surface area contributed by atoms with Gasteiger partial charge in [0.2, 0.25) is 0 Å². The molecule has 0 heterocycles. The highest BCUT2D eigenvalue weighted by Gasteiger charge is 1.99. The van der Waals surface area contributed by atoms with Crippen molar-refractivity contribution in [1.82, 2.24) is 5.32 Å². The molecular weight excluding hydrogens is 212 g/mol. The number of aryl methyl sites for hydroxylation is 1. The molecule has 0 saturated heterocycles. The molecule has 0 radical (unpaired) electrons. The molecule has 4 nitrogen and oxygen atoms in total. The molecule has 0 saturated carbocycles. The lowest BCUT2D eigenvalue weighted by atomic mass is 10.2. The molecule has 0 fully saturated rings. The van der Waals surface area contributed by atoms with E-state index in [0.29, 0.717) is 12.2 Å². The topological polar surface area (TPSA) is 67.3 Å². The van der Waals surface area contributed by atoms with Crippen molar-refractivity contribution in [1.29, 1.82) is 0 Å². The Morgan fingerprint density at radius 2 is 2.00 bits per heavy atom.